The molecule has 0 aromatic heterocycles. The van der Waals surface area contributed by atoms with E-state index in [9.17, 15) is 13.2 Å². The zero-order valence-corrected chi connectivity index (χ0v) is 8.50. The van der Waals surface area contributed by atoms with Crippen LogP contribution in [0.25, 0.3) is 0 Å². The Morgan fingerprint density at radius 2 is 1.94 bits per heavy atom. The first-order valence-corrected chi connectivity index (χ1v) is 5.03. The van der Waals surface area contributed by atoms with Crippen molar-refractivity contribution in [3.63, 3.8) is 0 Å². The van der Waals surface area contributed by atoms with Gasteiger partial charge in [-0.1, -0.05) is 30.3 Å². The van der Waals surface area contributed by atoms with Crippen LogP contribution in [0.5, 0.6) is 0 Å². The number of hydrogen-bond donors (Lipinski definition) is 1. The molecule has 0 radical (unpaired) electrons. The molecule has 16 heavy (non-hydrogen) atoms. The van der Waals surface area contributed by atoms with Crippen molar-refractivity contribution in [2.24, 2.45) is 0 Å². The molecule has 88 valence electrons. The molecular formula is C11H12F3NO. The molecule has 1 aliphatic rings. The molecule has 5 heteroatoms. The molecule has 1 aromatic carbocycles. The van der Waals surface area contributed by atoms with E-state index in [0.29, 0.717) is 0 Å². The van der Waals surface area contributed by atoms with Gasteiger partial charge in [0.25, 0.3) is 0 Å². The summed E-state index contributed by atoms with van der Waals surface area (Å²) in [5.74, 6) is 0. The van der Waals surface area contributed by atoms with E-state index in [1.54, 1.807) is 24.3 Å². The lowest BCUT2D eigenvalue weighted by Gasteiger charge is -2.19. The Kier molecular flexibility index (Phi) is 3.16. The molecule has 2 nitrogen and oxygen atoms in total. The van der Waals surface area contributed by atoms with Gasteiger partial charge in [-0.2, -0.15) is 13.2 Å². The lowest BCUT2D eigenvalue weighted by atomic mass is 10.1. The second kappa shape index (κ2) is 4.43. The smallest absolute Gasteiger partial charge is 0.371 e. The van der Waals surface area contributed by atoms with Gasteiger partial charge in [0.2, 0.25) is 0 Å². The SMILES string of the molecule is FC(F)(F)C(NCc1ccccc1)C1CO1. The fraction of sp³-hybridized carbons (Fsp3) is 0.455. The highest BCUT2D eigenvalue weighted by atomic mass is 19.4. The number of alkyl halides is 3. The van der Waals surface area contributed by atoms with Crippen molar-refractivity contribution in [2.45, 2.75) is 24.9 Å². The fourth-order valence-electron chi connectivity index (χ4n) is 1.53. The van der Waals surface area contributed by atoms with Gasteiger partial charge in [-0.15, -0.1) is 0 Å². The van der Waals surface area contributed by atoms with Crippen LogP contribution >= 0.6 is 0 Å². The maximum Gasteiger partial charge on any atom is 0.406 e. The third kappa shape index (κ3) is 2.96. The van der Waals surface area contributed by atoms with Crippen molar-refractivity contribution < 1.29 is 17.9 Å². The number of ether oxygens (including phenoxy) is 1. The van der Waals surface area contributed by atoms with Crippen LogP contribution in [0.2, 0.25) is 0 Å². The standard InChI is InChI=1S/C11H12F3NO/c12-11(13,14)10(9-7-16-9)15-6-8-4-2-1-3-5-8/h1-5,9-10,15H,6-7H2. The van der Waals surface area contributed by atoms with Crippen molar-refractivity contribution in [3.8, 4) is 0 Å². The molecule has 2 rings (SSSR count). The van der Waals surface area contributed by atoms with Crippen LogP contribution in [0.3, 0.4) is 0 Å². The second-order valence-corrected chi connectivity index (χ2v) is 3.76. The van der Waals surface area contributed by atoms with E-state index in [0.717, 1.165) is 5.56 Å². The van der Waals surface area contributed by atoms with Gasteiger partial charge >= 0.3 is 6.18 Å². The normalized spacial score (nSPS) is 21.8. The average Bonchev–Trinajstić information content (AvgIpc) is 3.02. The van der Waals surface area contributed by atoms with E-state index in [4.69, 9.17) is 4.74 Å². The molecule has 0 bridgehead atoms. The van der Waals surface area contributed by atoms with E-state index in [1.165, 1.54) is 0 Å². The summed E-state index contributed by atoms with van der Waals surface area (Å²) >= 11 is 0. The Morgan fingerprint density at radius 1 is 1.31 bits per heavy atom. The summed E-state index contributed by atoms with van der Waals surface area (Å²) in [6, 6.07) is 7.44. The van der Waals surface area contributed by atoms with Crippen molar-refractivity contribution in [1.82, 2.24) is 5.32 Å². The highest BCUT2D eigenvalue weighted by molar-refractivity contribution is 5.14. The van der Waals surface area contributed by atoms with Crippen LogP contribution < -0.4 is 5.32 Å². The molecule has 2 unspecified atom stereocenters. The quantitative estimate of drug-likeness (QED) is 0.802. The third-order valence-electron chi connectivity index (χ3n) is 2.45. The summed E-state index contributed by atoms with van der Waals surface area (Å²) in [7, 11) is 0. The van der Waals surface area contributed by atoms with Crippen molar-refractivity contribution in [1.29, 1.82) is 0 Å². The Morgan fingerprint density at radius 3 is 2.44 bits per heavy atom. The zero-order chi connectivity index (χ0) is 11.6. The average molecular weight is 231 g/mol. The van der Waals surface area contributed by atoms with Gasteiger partial charge in [0, 0.05) is 6.54 Å². The van der Waals surface area contributed by atoms with E-state index in [-0.39, 0.29) is 13.2 Å². The summed E-state index contributed by atoms with van der Waals surface area (Å²) in [5, 5.41) is 2.49. The number of nitrogens with one attached hydrogen (secondary N) is 1. The number of rotatable bonds is 4. The molecule has 1 aromatic rings. The maximum atomic E-state index is 12.6. The van der Waals surface area contributed by atoms with Gasteiger partial charge in [0.1, 0.15) is 12.1 Å². The minimum Gasteiger partial charge on any atom is -0.371 e. The van der Waals surface area contributed by atoms with Crippen LogP contribution in [-0.4, -0.2) is 24.9 Å². The molecule has 2 atom stereocenters. The first-order valence-electron chi connectivity index (χ1n) is 5.03. The predicted molar refractivity (Wildman–Crippen MR) is 52.9 cm³/mol. The largest absolute Gasteiger partial charge is 0.406 e. The number of epoxide rings is 1. The molecule has 1 heterocycles. The van der Waals surface area contributed by atoms with Crippen LogP contribution in [0.4, 0.5) is 13.2 Å². The monoisotopic (exact) mass is 231 g/mol. The Bertz CT molecular complexity index is 335. The molecule has 0 aliphatic carbocycles. The number of halogens is 3. The summed E-state index contributed by atoms with van der Waals surface area (Å²) < 4.78 is 42.4. The van der Waals surface area contributed by atoms with Gasteiger partial charge in [0.05, 0.1) is 6.61 Å². The van der Waals surface area contributed by atoms with Gasteiger partial charge in [0.15, 0.2) is 0 Å². The van der Waals surface area contributed by atoms with Gasteiger partial charge in [-0.05, 0) is 5.56 Å². The highest BCUT2D eigenvalue weighted by Gasteiger charge is 2.49. The number of hydrogen-bond acceptors (Lipinski definition) is 2. The van der Waals surface area contributed by atoms with Crippen LogP contribution in [0, 0.1) is 0 Å². The Balaban J connectivity index is 1.92. The molecule has 1 N–H and O–H groups in total. The summed E-state index contributed by atoms with van der Waals surface area (Å²) in [5.41, 5.74) is 0.831. The predicted octanol–water partition coefficient (Wildman–Crippen LogP) is 2.11. The van der Waals surface area contributed by atoms with E-state index in [1.807, 2.05) is 6.07 Å². The van der Waals surface area contributed by atoms with Gasteiger partial charge < -0.3 is 4.74 Å². The summed E-state index contributed by atoms with van der Waals surface area (Å²) in [6.07, 6.45) is -4.97. The fourth-order valence-corrected chi connectivity index (χ4v) is 1.53. The second-order valence-electron chi connectivity index (χ2n) is 3.76. The first-order chi connectivity index (χ1) is 7.57. The molecular weight excluding hydrogens is 219 g/mol. The van der Waals surface area contributed by atoms with Crippen LogP contribution in [0.1, 0.15) is 5.56 Å². The molecule has 1 saturated heterocycles. The lowest BCUT2D eigenvalue weighted by molar-refractivity contribution is -0.160. The molecule has 1 aliphatic heterocycles. The maximum absolute atomic E-state index is 12.6. The molecule has 0 spiro atoms. The molecule has 0 saturated carbocycles. The van der Waals surface area contributed by atoms with Crippen LogP contribution in [0.15, 0.2) is 30.3 Å². The Labute approximate surface area is 91.4 Å². The van der Waals surface area contributed by atoms with Crippen LogP contribution in [-0.2, 0) is 11.3 Å². The van der Waals surface area contributed by atoms with E-state index >= 15 is 0 Å². The van der Waals surface area contributed by atoms with E-state index < -0.39 is 18.3 Å². The van der Waals surface area contributed by atoms with Gasteiger partial charge in [-0.25, -0.2) is 0 Å². The highest BCUT2D eigenvalue weighted by Crippen LogP contribution is 2.29. The number of benzene rings is 1. The minimum absolute atomic E-state index is 0.186. The van der Waals surface area contributed by atoms with Gasteiger partial charge in [-0.3, -0.25) is 5.32 Å². The Hall–Kier alpha value is -1.07. The van der Waals surface area contributed by atoms with Crippen molar-refractivity contribution >= 4 is 0 Å². The third-order valence-corrected chi connectivity index (χ3v) is 2.45. The zero-order valence-electron chi connectivity index (χ0n) is 8.50. The van der Waals surface area contributed by atoms with Crippen molar-refractivity contribution in [3.05, 3.63) is 35.9 Å². The van der Waals surface area contributed by atoms with E-state index in [2.05, 4.69) is 5.32 Å². The lowest BCUT2D eigenvalue weighted by Crippen LogP contribution is -2.46. The molecule has 0 amide bonds. The van der Waals surface area contributed by atoms with Crippen molar-refractivity contribution in [2.75, 3.05) is 6.61 Å². The summed E-state index contributed by atoms with van der Waals surface area (Å²) in [4.78, 5) is 0. The summed E-state index contributed by atoms with van der Waals surface area (Å²) in [6.45, 7) is 0.386. The molecule has 1 fully saturated rings. The topological polar surface area (TPSA) is 24.6 Å². The minimum atomic E-state index is -4.25. The first kappa shape index (κ1) is 11.4.